The van der Waals surface area contributed by atoms with Crippen molar-refractivity contribution in [1.82, 2.24) is 5.32 Å². The van der Waals surface area contributed by atoms with Crippen LogP contribution in [-0.2, 0) is 14.3 Å². The number of aromatic carboxylic acids is 1. The van der Waals surface area contributed by atoms with Crippen LogP contribution in [0.2, 0.25) is 0 Å². The lowest BCUT2D eigenvalue weighted by Crippen LogP contribution is -2.30. The predicted octanol–water partition coefficient (Wildman–Crippen LogP) is 3.12. The number of hydrogen-bond donors (Lipinski definition) is 6. The number of hydrogen-bond acceptors (Lipinski definition) is 7. The fourth-order valence-corrected chi connectivity index (χ4v) is 3.27. The van der Waals surface area contributed by atoms with Crippen molar-refractivity contribution in [3.8, 4) is 11.1 Å². The molecule has 0 fully saturated rings. The first-order valence-corrected chi connectivity index (χ1v) is 11.5. The number of ether oxygens (including phenoxy) is 1. The Labute approximate surface area is 235 Å². The Morgan fingerprint density at radius 3 is 1.93 bits per heavy atom. The number of carboxylic acids is 2. The molecule has 3 aromatic carbocycles. The Bertz CT molecular complexity index is 1520. The van der Waals surface area contributed by atoms with E-state index in [9.17, 15) is 37.5 Å². The van der Waals surface area contributed by atoms with Gasteiger partial charge in [0, 0.05) is 22.4 Å². The van der Waals surface area contributed by atoms with E-state index in [-0.39, 0.29) is 29.1 Å². The zero-order valence-electron chi connectivity index (χ0n) is 21.6. The number of benzene rings is 3. The van der Waals surface area contributed by atoms with Gasteiger partial charge in [-0.25, -0.2) is 9.59 Å². The van der Waals surface area contributed by atoms with Crippen LogP contribution in [0, 0.1) is 5.41 Å². The van der Waals surface area contributed by atoms with Crippen molar-refractivity contribution >= 4 is 41.2 Å². The van der Waals surface area contributed by atoms with Crippen molar-refractivity contribution < 1.29 is 52.1 Å². The van der Waals surface area contributed by atoms with Gasteiger partial charge in [-0.3, -0.25) is 19.8 Å². The van der Waals surface area contributed by atoms with Crippen LogP contribution in [0.4, 0.5) is 18.9 Å². The second kappa shape index (κ2) is 14.1. The number of methoxy groups -OCH3 is 1. The molecule has 0 unspecified atom stereocenters. The first-order chi connectivity index (χ1) is 19.6. The highest BCUT2D eigenvalue weighted by Gasteiger charge is 2.38. The lowest BCUT2D eigenvalue weighted by atomic mass is 9.93. The van der Waals surface area contributed by atoms with E-state index in [1.165, 1.54) is 31.4 Å². The summed E-state index contributed by atoms with van der Waals surface area (Å²) in [6.07, 6.45) is -5.08. The fourth-order valence-electron chi connectivity index (χ4n) is 3.27. The SMILES string of the molecule is COC(=O)CNC(=O)c1ccc(-c2ccccc2C(=O)O)c(C(=O)Nc2ccc(C(=N)N)cc2)c1.O=C(O)C(F)(F)F. The minimum Gasteiger partial charge on any atom is -0.478 e. The zero-order chi connectivity index (χ0) is 31.6. The summed E-state index contributed by atoms with van der Waals surface area (Å²) in [6.45, 7) is -0.358. The number of anilines is 1. The maximum absolute atomic E-state index is 13.3. The summed E-state index contributed by atoms with van der Waals surface area (Å²) in [5.41, 5.74) is 7.03. The van der Waals surface area contributed by atoms with E-state index in [0.717, 1.165) is 0 Å². The molecule has 0 saturated heterocycles. The summed E-state index contributed by atoms with van der Waals surface area (Å²) in [5.74, 6) is -5.91. The molecule has 0 saturated carbocycles. The van der Waals surface area contributed by atoms with E-state index in [0.29, 0.717) is 22.4 Å². The van der Waals surface area contributed by atoms with Gasteiger partial charge in [0.2, 0.25) is 0 Å². The molecule has 0 aliphatic rings. The molecule has 0 heterocycles. The number of carbonyl (C=O) groups is 5. The molecule has 7 N–H and O–H groups in total. The molecular weight excluding hydrogens is 565 g/mol. The molecule has 0 aromatic heterocycles. The number of nitrogen functional groups attached to an aromatic ring is 1. The highest BCUT2D eigenvalue weighted by Crippen LogP contribution is 2.29. The summed E-state index contributed by atoms with van der Waals surface area (Å²) in [7, 11) is 1.19. The second-order valence-corrected chi connectivity index (χ2v) is 8.12. The smallest absolute Gasteiger partial charge is 0.478 e. The van der Waals surface area contributed by atoms with E-state index in [2.05, 4.69) is 15.4 Å². The van der Waals surface area contributed by atoms with E-state index in [1.54, 1.807) is 42.5 Å². The number of rotatable bonds is 8. The number of aliphatic carboxylic acids is 1. The van der Waals surface area contributed by atoms with Crippen molar-refractivity contribution in [3.05, 3.63) is 89.0 Å². The first-order valence-electron chi connectivity index (χ1n) is 11.5. The van der Waals surface area contributed by atoms with Gasteiger partial charge in [-0.05, 0) is 53.6 Å². The quantitative estimate of drug-likeness (QED) is 0.130. The van der Waals surface area contributed by atoms with Gasteiger partial charge in [-0.1, -0.05) is 24.3 Å². The van der Waals surface area contributed by atoms with Gasteiger partial charge in [0.15, 0.2) is 0 Å². The number of halogens is 3. The number of carbonyl (C=O) groups excluding carboxylic acids is 3. The van der Waals surface area contributed by atoms with E-state index in [1.807, 2.05) is 0 Å². The maximum atomic E-state index is 13.3. The summed E-state index contributed by atoms with van der Waals surface area (Å²) in [6, 6.07) is 16.7. The summed E-state index contributed by atoms with van der Waals surface area (Å²) >= 11 is 0. The molecule has 0 aliphatic carbocycles. The third-order valence-electron chi connectivity index (χ3n) is 5.29. The maximum Gasteiger partial charge on any atom is 0.490 e. The van der Waals surface area contributed by atoms with Gasteiger partial charge < -0.3 is 31.3 Å². The average molecular weight is 588 g/mol. The number of amides is 2. The van der Waals surface area contributed by atoms with Gasteiger partial charge in [-0.15, -0.1) is 0 Å². The summed E-state index contributed by atoms with van der Waals surface area (Å²) in [5, 5.41) is 29.3. The van der Waals surface area contributed by atoms with Crippen LogP contribution in [0.5, 0.6) is 0 Å². The highest BCUT2D eigenvalue weighted by molar-refractivity contribution is 6.12. The molecule has 220 valence electrons. The lowest BCUT2D eigenvalue weighted by Gasteiger charge is -2.14. The van der Waals surface area contributed by atoms with Crippen molar-refractivity contribution in [1.29, 1.82) is 5.41 Å². The predicted molar refractivity (Wildman–Crippen MR) is 142 cm³/mol. The van der Waals surface area contributed by atoms with Crippen molar-refractivity contribution in [2.45, 2.75) is 6.18 Å². The van der Waals surface area contributed by atoms with Gasteiger partial charge >= 0.3 is 24.1 Å². The molecule has 2 amide bonds. The van der Waals surface area contributed by atoms with E-state index in [4.69, 9.17) is 21.0 Å². The molecule has 15 heteroatoms. The van der Waals surface area contributed by atoms with Crippen LogP contribution in [-0.4, -0.2) is 65.6 Å². The lowest BCUT2D eigenvalue weighted by molar-refractivity contribution is -0.192. The van der Waals surface area contributed by atoms with E-state index >= 15 is 0 Å². The number of alkyl halides is 3. The third kappa shape index (κ3) is 8.90. The number of nitrogens with two attached hydrogens (primary N) is 1. The molecule has 12 nitrogen and oxygen atoms in total. The number of esters is 1. The topological polar surface area (TPSA) is 209 Å². The average Bonchev–Trinajstić information content (AvgIpc) is 2.95. The Morgan fingerprint density at radius 1 is 0.857 bits per heavy atom. The molecule has 0 aliphatic heterocycles. The minimum absolute atomic E-state index is 0.0183. The van der Waals surface area contributed by atoms with Gasteiger partial charge in [0.25, 0.3) is 11.8 Å². The van der Waals surface area contributed by atoms with Crippen LogP contribution in [0.3, 0.4) is 0 Å². The first kappa shape index (κ1) is 32.5. The van der Waals surface area contributed by atoms with Crippen molar-refractivity contribution in [2.24, 2.45) is 5.73 Å². The van der Waals surface area contributed by atoms with Crippen LogP contribution in [0.25, 0.3) is 11.1 Å². The second-order valence-electron chi connectivity index (χ2n) is 8.12. The minimum atomic E-state index is -5.08. The van der Waals surface area contributed by atoms with Crippen LogP contribution in [0.1, 0.15) is 36.6 Å². The Kier molecular flexibility index (Phi) is 10.9. The summed E-state index contributed by atoms with van der Waals surface area (Å²) < 4.78 is 36.2. The standard InChI is InChI=1S/C25H22N4O6.C2HF3O2/c1-35-21(30)13-28-23(31)15-8-11-18(17-4-2-3-5-19(17)25(33)34)20(12-15)24(32)29-16-9-6-14(7-10-16)22(26)27;3-2(4,5)1(6)7/h2-12H,13H2,1H3,(H3,26,27)(H,28,31)(H,29,32)(H,33,34);(H,6,7). The van der Waals surface area contributed by atoms with Crippen LogP contribution in [0.15, 0.2) is 66.7 Å². The molecule has 0 spiro atoms. The van der Waals surface area contributed by atoms with Gasteiger partial charge in [-0.2, -0.15) is 13.2 Å². The normalized spacial score (nSPS) is 10.4. The molecule has 3 aromatic rings. The molecular formula is C27H23F3N4O8. The Morgan fingerprint density at radius 2 is 1.40 bits per heavy atom. The van der Waals surface area contributed by atoms with Gasteiger partial charge in [0.05, 0.1) is 12.7 Å². The molecule has 0 atom stereocenters. The number of amidine groups is 1. The Hall–Kier alpha value is -5.73. The Balaban J connectivity index is 0.000000782. The third-order valence-corrected chi connectivity index (χ3v) is 5.29. The number of nitrogens with one attached hydrogen (secondary N) is 3. The van der Waals surface area contributed by atoms with E-state index < -0.39 is 35.9 Å². The molecule has 3 rings (SSSR count). The fraction of sp³-hybridized carbons (Fsp3) is 0.111. The van der Waals surface area contributed by atoms with Gasteiger partial charge in [0.1, 0.15) is 12.4 Å². The highest BCUT2D eigenvalue weighted by atomic mass is 19.4. The van der Waals surface area contributed by atoms with Crippen LogP contribution < -0.4 is 16.4 Å². The van der Waals surface area contributed by atoms with Crippen molar-refractivity contribution in [2.75, 3.05) is 19.0 Å². The zero-order valence-corrected chi connectivity index (χ0v) is 21.6. The molecule has 42 heavy (non-hydrogen) atoms. The van der Waals surface area contributed by atoms with Crippen LogP contribution >= 0.6 is 0 Å². The number of carboxylic acid groups (broad SMARTS) is 2. The molecule has 0 radical (unpaired) electrons. The monoisotopic (exact) mass is 588 g/mol. The summed E-state index contributed by atoms with van der Waals surface area (Å²) in [4.78, 5) is 57.8. The molecule has 0 bridgehead atoms. The largest absolute Gasteiger partial charge is 0.490 e. The van der Waals surface area contributed by atoms with Crippen molar-refractivity contribution in [3.63, 3.8) is 0 Å².